The Morgan fingerprint density at radius 3 is 2.00 bits per heavy atom. The van der Waals surface area contributed by atoms with Gasteiger partial charge in [-0.05, 0) is 30.7 Å². The van der Waals surface area contributed by atoms with E-state index in [1.165, 1.54) is 34.6 Å². The lowest BCUT2D eigenvalue weighted by Crippen LogP contribution is -3.00. The maximum Gasteiger partial charge on any atom is 0.257 e. The lowest BCUT2D eigenvalue weighted by molar-refractivity contribution is -0.710. The molecule has 0 radical (unpaired) electrons. The van der Waals surface area contributed by atoms with Crippen LogP contribution in [-0.2, 0) is 13.0 Å². The summed E-state index contributed by atoms with van der Waals surface area (Å²) in [6.45, 7) is 1.07. The van der Waals surface area contributed by atoms with Crippen molar-refractivity contribution >= 4 is 0 Å². The van der Waals surface area contributed by atoms with Crippen molar-refractivity contribution < 1.29 is 26.3 Å². The van der Waals surface area contributed by atoms with E-state index in [9.17, 15) is 0 Å². The molecule has 5 rings (SSSR count). The monoisotopic (exact) mass is 460 g/mol. The van der Waals surface area contributed by atoms with Gasteiger partial charge in [0.15, 0.2) is 11.7 Å². The molecule has 152 valence electrons. The minimum atomic E-state index is 0. The molecular formula is C26H25BrN2O. The van der Waals surface area contributed by atoms with Gasteiger partial charge in [0.2, 0.25) is 0 Å². The number of ether oxygens (including phenoxy) is 1. The van der Waals surface area contributed by atoms with Crippen molar-refractivity contribution in [1.82, 2.24) is 4.57 Å². The van der Waals surface area contributed by atoms with Gasteiger partial charge in [-0.3, -0.25) is 0 Å². The second-order valence-corrected chi connectivity index (χ2v) is 7.55. The zero-order valence-corrected chi connectivity index (χ0v) is 18.6. The van der Waals surface area contributed by atoms with Gasteiger partial charge in [-0.25, -0.2) is 9.13 Å². The van der Waals surface area contributed by atoms with Gasteiger partial charge in [0, 0.05) is 16.7 Å². The van der Waals surface area contributed by atoms with E-state index < -0.39 is 0 Å². The zero-order valence-electron chi connectivity index (χ0n) is 17.0. The Balaban J connectivity index is 0.00000218. The lowest BCUT2D eigenvalue weighted by Gasteiger charge is -2.16. The van der Waals surface area contributed by atoms with Crippen LogP contribution in [0.3, 0.4) is 0 Å². The van der Waals surface area contributed by atoms with Gasteiger partial charge in [0.05, 0.1) is 20.1 Å². The summed E-state index contributed by atoms with van der Waals surface area (Å²) in [4.78, 5) is 0. The Labute approximate surface area is 188 Å². The molecule has 0 N–H and O–H groups in total. The van der Waals surface area contributed by atoms with Crippen LogP contribution in [0.25, 0.3) is 11.3 Å². The summed E-state index contributed by atoms with van der Waals surface area (Å²) in [5.74, 6) is 2.29. The molecule has 0 spiro atoms. The number of imidazole rings is 1. The Morgan fingerprint density at radius 1 is 0.833 bits per heavy atom. The molecule has 0 atom stereocenters. The summed E-state index contributed by atoms with van der Waals surface area (Å²) >= 11 is 0. The van der Waals surface area contributed by atoms with E-state index in [0.29, 0.717) is 0 Å². The topological polar surface area (TPSA) is 18.0 Å². The molecule has 1 aromatic heterocycles. The van der Waals surface area contributed by atoms with E-state index >= 15 is 0 Å². The van der Waals surface area contributed by atoms with Crippen LogP contribution in [0, 0.1) is 0 Å². The van der Waals surface area contributed by atoms with Gasteiger partial charge in [-0.2, -0.15) is 0 Å². The van der Waals surface area contributed by atoms with Crippen LogP contribution in [0.2, 0.25) is 0 Å². The molecule has 3 aromatic carbocycles. The number of methoxy groups -OCH3 is 1. The molecule has 0 unspecified atom stereocenters. The minimum Gasteiger partial charge on any atom is -1.00 e. The number of aromatic nitrogens is 2. The Kier molecular flexibility index (Phi) is 6.05. The largest absolute Gasteiger partial charge is 1.00 e. The SMILES string of the molecule is COc1ccc(-c2c[n+](C(c3ccccc3)c3ccccc3)c3n2CCC3)cc1.[Br-]. The highest BCUT2D eigenvalue weighted by Crippen LogP contribution is 2.30. The molecule has 0 aliphatic carbocycles. The quantitative estimate of drug-likeness (QED) is 0.416. The molecule has 3 nitrogen and oxygen atoms in total. The van der Waals surface area contributed by atoms with Crippen molar-refractivity contribution in [1.29, 1.82) is 0 Å². The van der Waals surface area contributed by atoms with Crippen LogP contribution in [0.4, 0.5) is 0 Å². The van der Waals surface area contributed by atoms with Crippen LogP contribution < -0.4 is 26.3 Å². The van der Waals surface area contributed by atoms with E-state index in [-0.39, 0.29) is 23.0 Å². The van der Waals surface area contributed by atoms with Crippen molar-refractivity contribution in [3.63, 3.8) is 0 Å². The van der Waals surface area contributed by atoms with Gasteiger partial charge >= 0.3 is 0 Å². The number of hydrogen-bond acceptors (Lipinski definition) is 1. The number of nitrogens with zero attached hydrogens (tertiary/aromatic N) is 2. The van der Waals surface area contributed by atoms with Crippen molar-refractivity contribution in [2.75, 3.05) is 7.11 Å². The van der Waals surface area contributed by atoms with Crippen molar-refractivity contribution in [2.24, 2.45) is 0 Å². The van der Waals surface area contributed by atoms with Crippen molar-refractivity contribution in [2.45, 2.75) is 25.4 Å². The minimum absolute atomic E-state index is 0. The van der Waals surface area contributed by atoms with E-state index in [0.717, 1.165) is 18.7 Å². The molecule has 0 bridgehead atoms. The molecule has 1 aliphatic heterocycles. The Bertz CT molecular complexity index is 1070. The van der Waals surface area contributed by atoms with E-state index in [1.54, 1.807) is 7.11 Å². The molecule has 30 heavy (non-hydrogen) atoms. The predicted molar refractivity (Wildman–Crippen MR) is 115 cm³/mol. The van der Waals surface area contributed by atoms with Crippen molar-refractivity contribution in [3.8, 4) is 17.0 Å². The highest BCUT2D eigenvalue weighted by molar-refractivity contribution is 5.60. The second-order valence-electron chi connectivity index (χ2n) is 7.55. The zero-order chi connectivity index (χ0) is 19.6. The van der Waals surface area contributed by atoms with Crippen LogP contribution in [0.15, 0.2) is 91.1 Å². The lowest BCUT2D eigenvalue weighted by atomic mass is 9.98. The number of rotatable bonds is 5. The molecule has 4 heteroatoms. The first-order valence-electron chi connectivity index (χ1n) is 10.2. The Morgan fingerprint density at radius 2 is 1.43 bits per heavy atom. The Hall–Kier alpha value is -2.85. The normalized spacial score (nSPS) is 12.5. The molecule has 0 saturated carbocycles. The first-order chi connectivity index (χ1) is 14.3. The van der Waals surface area contributed by atoms with Crippen LogP contribution in [0.1, 0.15) is 29.4 Å². The second kappa shape index (κ2) is 8.88. The van der Waals surface area contributed by atoms with Gasteiger partial charge in [0.25, 0.3) is 5.82 Å². The summed E-state index contributed by atoms with van der Waals surface area (Å²) in [6, 6.07) is 30.2. The molecule has 0 fully saturated rings. The molecule has 1 aliphatic rings. The van der Waals surface area contributed by atoms with Crippen LogP contribution in [-0.4, -0.2) is 11.7 Å². The third-order valence-electron chi connectivity index (χ3n) is 5.84. The number of fused-ring (bicyclic) bond motifs is 1. The summed E-state index contributed by atoms with van der Waals surface area (Å²) in [7, 11) is 1.71. The molecule has 0 saturated heterocycles. The van der Waals surface area contributed by atoms with E-state index in [4.69, 9.17) is 4.74 Å². The number of halogens is 1. The van der Waals surface area contributed by atoms with Gasteiger partial charge in [-0.15, -0.1) is 0 Å². The molecule has 0 amide bonds. The van der Waals surface area contributed by atoms with Gasteiger partial charge in [-0.1, -0.05) is 60.7 Å². The third-order valence-corrected chi connectivity index (χ3v) is 5.84. The molecule has 4 aromatic rings. The third kappa shape index (κ3) is 3.68. The number of benzene rings is 3. The van der Waals surface area contributed by atoms with Gasteiger partial charge < -0.3 is 21.7 Å². The summed E-state index contributed by atoms with van der Waals surface area (Å²) in [6.07, 6.45) is 4.63. The van der Waals surface area contributed by atoms with Crippen molar-refractivity contribution in [3.05, 3.63) is 108 Å². The standard InChI is InChI=1S/C26H25N2O.BrH/c1-29-23-16-14-20(15-17-23)24-19-28(25-13-8-18-27(24)25)26(21-9-4-2-5-10-21)22-11-6-3-7-12-22;/h2-7,9-12,14-17,19,26H,8,13,18H2,1H3;1H/q+1;/p-1. The van der Waals surface area contributed by atoms with Crippen LogP contribution >= 0.6 is 0 Å². The fourth-order valence-corrected chi connectivity index (χ4v) is 4.46. The fourth-order valence-electron chi connectivity index (χ4n) is 4.46. The van der Waals surface area contributed by atoms with Gasteiger partial charge in [0.1, 0.15) is 11.9 Å². The highest BCUT2D eigenvalue weighted by atomic mass is 79.9. The van der Waals surface area contributed by atoms with E-state index in [2.05, 4.69) is 88.1 Å². The first-order valence-corrected chi connectivity index (χ1v) is 10.2. The fraction of sp³-hybridized carbons (Fsp3) is 0.192. The first kappa shape index (κ1) is 20.4. The molecular weight excluding hydrogens is 436 g/mol. The average molecular weight is 461 g/mol. The van der Waals surface area contributed by atoms with Crippen LogP contribution in [0.5, 0.6) is 5.75 Å². The maximum atomic E-state index is 5.34. The summed E-state index contributed by atoms with van der Waals surface area (Å²) in [5.41, 5.74) is 5.13. The van der Waals surface area contributed by atoms with E-state index in [1.807, 2.05) is 12.1 Å². The maximum absolute atomic E-state index is 5.34. The average Bonchev–Trinajstić information content (AvgIpc) is 3.40. The number of hydrogen-bond donors (Lipinski definition) is 0. The smallest absolute Gasteiger partial charge is 0.257 e. The predicted octanol–water partition coefficient (Wildman–Crippen LogP) is 2.04. The molecule has 2 heterocycles. The summed E-state index contributed by atoms with van der Waals surface area (Å²) < 4.78 is 10.3. The summed E-state index contributed by atoms with van der Waals surface area (Å²) in [5, 5.41) is 0. The highest BCUT2D eigenvalue weighted by Gasteiger charge is 2.33.